The third-order valence-corrected chi connectivity index (χ3v) is 5.84. The van der Waals surface area contributed by atoms with E-state index >= 15 is 0 Å². The van der Waals surface area contributed by atoms with Crippen LogP contribution in [0, 0.1) is 0 Å². The molecule has 2 N–H and O–H groups in total. The highest BCUT2D eigenvalue weighted by Crippen LogP contribution is 2.27. The maximum atomic E-state index is 13.2. The fourth-order valence-corrected chi connectivity index (χ4v) is 4.22. The van der Waals surface area contributed by atoms with E-state index in [0.717, 1.165) is 25.7 Å². The molecule has 11 nitrogen and oxygen atoms in total. The van der Waals surface area contributed by atoms with Crippen molar-refractivity contribution < 1.29 is 13.9 Å². The first kappa shape index (κ1) is 18.8. The zero-order valence-electron chi connectivity index (χ0n) is 16.8. The number of likely N-dealkylation sites (tertiary alicyclic amines) is 1. The topological polar surface area (TPSA) is 128 Å². The number of piperidine rings is 1. The molecule has 1 atom stereocenters. The average Bonchev–Trinajstić information content (AvgIpc) is 3.53. The molecule has 30 heavy (non-hydrogen) atoms. The molecule has 158 valence electrons. The van der Waals surface area contributed by atoms with Crippen molar-refractivity contribution in [1.82, 2.24) is 29.5 Å². The molecular formula is C19H24N8O3. The fraction of sp³-hybridized carbons (Fsp3) is 0.526. The molecule has 5 heterocycles. The number of nitrogen functional groups attached to an aromatic ring is 1. The molecule has 3 aromatic rings. The standard InChI is InChI=1S/C19H24N8O3/c1-29-12-6-9-25(10-7-12)16(28)13-4-2-8-26(13)18-22-17(20)27-19(23-18)21-15(24-27)14-5-3-11-30-14/h3,5,11-13H,2,4,6-10H2,1H3,(H2,20,21,22,23,24). The first-order valence-electron chi connectivity index (χ1n) is 10.2. The van der Waals surface area contributed by atoms with Gasteiger partial charge in [-0.1, -0.05) is 0 Å². The van der Waals surface area contributed by atoms with Gasteiger partial charge in [-0.3, -0.25) is 4.79 Å². The molecule has 1 unspecified atom stereocenters. The van der Waals surface area contributed by atoms with Crippen LogP contribution < -0.4 is 10.6 Å². The first-order chi connectivity index (χ1) is 14.6. The lowest BCUT2D eigenvalue weighted by atomic mass is 10.1. The van der Waals surface area contributed by atoms with Gasteiger partial charge in [-0.25, -0.2) is 0 Å². The number of anilines is 2. The average molecular weight is 412 g/mol. The largest absolute Gasteiger partial charge is 0.461 e. The van der Waals surface area contributed by atoms with Gasteiger partial charge in [0.15, 0.2) is 5.76 Å². The maximum Gasteiger partial charge on any atom is 0.259 e. The third-order valence-electron chi connectivity index (χ3n) is 5.84. The number of ether oxygens (including phenoxy) is 1. The Bertz CT molecular complexity index is 1040. The number of hydrogen-bond donors (Lipinski definition) is 1. The van der Waals surface area contributed by atoms with Crippen molar-refractivity contribution in [3.63, 3.8) is 0 Å². The monoisotopic (exact) mass is 412 g/mol. The van der Waals surface area contributed by atoms with Crippen molar-refractivity contribution in [2.45, 2.75) is 37.8 Å². The van der Waals surface area contributed by atoms with E-state index in [2.05, 4.69) is 20.1 Å². The molecule has 1 amide bonds. The van der Waals surface area contributed by atoms with Crippen LogP contribution in [0.1, 0.15) is 25.7 Å². The molecular weight excluding hydrogens is 388 g/mol. The van der Waals surface area contributed by atoms with Crippen molar-refractivity contribution in [3.05, 3.63) is 18.4 Å². The van der Waals surface area contributed by atoms with Gasteiger partial charge in [0.1, 0.15) is 6.04 Å². The predicted molar refractivity (Wildman–Crippen MR) is 108 cm³/mol. The molecule has 0 saturated carbocycles. The van der Waals surface area contributed by atoms with Crippen LogP contribution in [0.15, 0.2) is 22.8 Å². The minimum atomic E-state index is -0.293. The van der Waals surface area contributed by atoms with Crippen LogP contribution in [0.2, 0.25) is 0 Å². The van der Waals surface area contributed by atoms with Gasteiger partial charge in [0.05, 0.1) is 12.4 Å². The minimum Gasteiger partial charge on any atom is -0.461 e. The van der Waals surface area contributed by atoms with Crippen LogP contribution in [-0.4, -0.2) is 74.3 Å². The Labute approximate surface area is 172 Å². The van der Waals surface area contributed by atoms with Crippen LogP contribution in [-0.2, 0) is 9.53 Å². The second-order valence-corrected chi connectivity index (χ2v) is 7.62. The van der Waals surface area contributed by atoms with E-state index in [4.69, 9.17) is 14.9 Å². The number of furan rings is 1. The van der Waals surface area contributed by atoms with Crippen molar-refractivity contribution in [2.75, 3.05) is 37.4 Å². The number of aromatic nitrogens is 5. The summed E-state index contributed by atoms with van der Waals surface area (Å²) < 4.78 is 12.1. The van der Waals surface area contributed by atoms with Gasteiger partial charge in [-0.2, -0.15) is 19.5 Å². The van der Waals surface area contributed by atoms with E-state index < -0.39 is 0 Å². The Morgan fingerprint density at radius 3 is 2.77 bits per heavy atom. The van der Waals surface area contributed by atoms with Crippen molar-refractivity contribution in [2.24, 2.45) is 0 Å². The summed E-state index contributed by atoms with van der Waals surface area (Å²) in [6.07, 6.45) is 5.16. The molecule has 2 aliphatic rings. The van der Waals surface area contributed by atoms with E-state index in [9.17, 15) is 4.79 Å². The first-order valence-corrected chi connectivity index (χ1v) is 10.2. The van der Waals surface area contributed by atoms with Gasteiger partial charge in [-0.05, 0) is 37.8 Å². The minimum absolute atomic E-state index is 0.113. The van der Waals surface area contributed by atoms with E-state index in [1.165, 1.54) is 4.52 Å². The Hall–Kier alpha value is -3.21. The third kappa shape index (κ3) is 3.24. The quantitative estimate of drug-likeness (QED) is 0.666. The molecule has 0 aliphatic carbocycles. The number of nitrogens with two attached hydrogens (primary N) is 1. The van der Waals surface area contributed by atoms with Crippen LogP contribution in [0.4, 0.5) is 11.9 Å². The summed E-state index contributed by atoms with van der Waals surface area (Å²) >= 11 is 0. The summed E-state index contributed by atoms with van der Waals surface area (Å²) in [6.45, 7) is 2.11. The highest BCUT2D eigenvalue weighted by Gasteiger charge is 2.37. The molecule has 2 fully saturated rings. The number of carbonyl (C=O) groups is 1. The van der Waals surface area contributed by atoms with Gasteiger partial charge in [-0.15, -0.1) is 5.10 Å². The molecule has 2 aliphatic heterocycles. The Morgan fingerprint density at radius 1 is 1.20 bits per heavy atom. The van der Waals surface area contributed by atoms with Gasteiger partial charge < -0.3 is 24.7 Å². The molecule has 11 heteroatoms. The van der Waals surface area contributed by atoms with Gasteiger partial charge in [0.25, 0.3) is 5.78 Å². The van der Waals surface area contributed by atoms with Crippen LogP contribution in [0.5, 0.6) is 0 Å². The number of nitrogens with zero attached hydrogens (tertiary/aromatic N) is 7. The lowest BCUT2D eigenvalue weighted by molar-refractivity contribution is -0.134. The molecule has 0 aromatic carbocycles. The van der Waals surface area contributed by atoms with E-state index in [1.54, 1.807) is 25.5 Å². The number of hydrogen-bond acceptors (Lipinski definition) is 9. The summed E-state index contributed by atoms with van der Waals surface area (Å²) in [7, 11) is 1.72. The van der Waals surface area contributed by atoms with Crippen LogP contribution in [0.3, 0.4) is 0 Å². The van der Waals surface area contributed by atoms with Crippen molar-refractivity contribution >= 4 is 23.6 Å². The smallest absolute Gasteiger partial charge is 0.259 e. The van der Waals surface area contributed by atoms with Crippen molar-refractivity contribution in [3.8, 4) is 11.6 Å². The fourth-order valence-electron chi connectivity index (χ4n) is 4.22. The maximum absolute atomic E-state index is 13.2. The highest BCUT2D eigenvalue weighted by atomic mass is 16.5. The number of fused-ring (bicyclic) bond motifs is 1. The number of rotatable bonds is 4. The summed E-state index contributed by atoms with van der Waals surface area (Å²) in [4.78, 5) is 30.4. The van der Waals surface area contributed by atoms with Crippen molar-refractivity contribution in [1.29, 1.82) is 0 Å². The second kappa shape index (κ2) is 7.56. The molecule has 0 spiro atoms. The highest BCUT2D eigenvalue weighted by molar-refractivity contribution is 5.85. The van der Waals surface area contributed by atoms with E-state index in [0.29, 0.717) is 42.9 Å². The SMILES string of the molecule is COC1CCN(C(=O)C2CCCN2c2nc(N)n3nc(-c4ccco4)nc3n2)CC1. The van der Waals surface area contributed by atoms with Crippen LogP contribution in [0.25, 0.3) is 17.4 Å². The van der Waals surface area contributed by atoms with Gasteiger partial charge in [0, 0.05) is 26.7 Å². The van der Waals surface area contributed by atoms with E-state index in [-0.39, 0.29) is 24.0 Å². The van der Waals surface area contributed by atoms with Gasteiger partial charge in [0.2, 0.25) is 23.6 Å². The normalized spacial score (nSPS) is 20.4. The Balaban J connectivity index is 1.40. The number of amides is 1. The predicted octanol–water partition coefficient (Wildman–Crippen LogP) is 0.968. The molecule has 5 rings (SSSR count). The molecule has 0 bridgehead atoms. The lowest BCUT2D eigenvalue weighted by Crippen LogP contribution is -2.49. The zero-order valence-corrected chi connectivity index (χ0v) is 16.8. The summed E-state index contributed by atoms with van der Waals surface area (Å²) in [6, 6.07) is 3.23. The Morgan fingerprint density at radius 2 is 2.03 bits per heavy atom. The summed E-state index contributed by atoms with van der Waals surface area (Å²) in [5.41, 5.74) is 6.13. The molecule has 3 aromatic heterocycles. The van der Waals surface area contributed by atoms with E-state index in [1.807, 2.05) is 9.80 Å². The number of carbonyl (C=O) groups excluding carboxylic acids is 1. The lowest BCUT2D eigenvalue weighted by Gasteiger charge is -2.35. The second-order valence-electron chi connectivity index (χ2n) is 7.62. The summed E-state index contributed by atoms with van der Waals surface area (Å²) in [5.74, 6) is 1.91. The zero-order chi connectivity index (χ0) is 20.7. The van der Waals surface area contributed by atoms with Gasteiger partial charge >= 0.3 is 0 Å². The van der Waals surface area contributed by atoms with Crippen LogP contribution >= 0.6 is 0 Å². The molecule has 0 radical (unpaired) electrons. The number of methoxy groups -OCH3 is 1. The summed E-state index contributed by atoms with van der Waals surface area (Å²) in [5, 5.41) is 4.32. The Kier molecular flexibility index (Phi) is 4.74. The molecule has 2 saturated heterocycles.